The summed E-state index contributed by atoms with van der Waals surface area (Å²) in [6, 6.07) is 12.7. The monoisotopic (exact) mass is 400 g/mol. The van der Waals surface area contributed by atoms with Gasteiger partial charge in [0, 0.05) is 37.5 Å². The molecule has 30 heavy (non-hydrogen) atoms. The SMILES string of the molecule is Cn1ncc(-c2ccc(CNc3cc(-c4cnc5cc(F)ccn45)ncn3)cc2)n1. The number of nitrogens with zero attached hydrogens (tertiary/aromatic N) is 7. The molecule has 0 saturated heterocycles. The molecule has 0 fully saturated rings. The second-order valence-electron chi connectivity index (χ2n) is 6.77. The molecule has 0 aliphatic carbocycles. The Morgan fingerprint density at radius 3 is 2.63 bits per heavy atom. The predicted octanol–water partition coefficient (Wildman–Crippen LogP) is 3.34. The van der Waals surface area contributed by atoms with Gasteiger partial charge in [-0.05, 0) is 11.6 Å². The van der Waals surface area contributed by atoms with Gasteiger partial charge in [0.15, 0.2) is 0 Å². The molecule has 0 radical (unpaired) electrons. The minimum Gasteiger partial charge on any atom is -0.366 e. The number of anilines is 1. The van der Waals surface area contributed by atoms with Gasteiger partial charge in [-0.15, -0.1) is 0 Å². The topological polar surface area (TPSA) is 85.8 Å². The number of nitrogens with one attached hydrogen (secondary N) is 1. The van der Waals surface area contributed by atoms with Crippen molar-refractivity contribution in [3.8, 4) is 22.6 Å². The van der Waals surface area contributed by atoms with Gasteiger partial charge < -0.3 is 5.32 Å². The van der Waals surface area contributed by atoms with E-state index in [4.69, 9.17) is 0 Å². The van der Waals surface area contributed by atoms with Gasteiger partial charge in [0.1, 0.15) is 29.3 Å². The van der Waals surface area contributed by atoms with E-state index in [1.54, 1.807) is 30.0 Å². The zero-order valence-corrected chi connectivity index (χ0v) is 16.1. The Balaban J connectivity index is 1.32. The van der Waals surface area contributed by atoms with Crippen molar-refractivity contribution in [3.63, 3.8) is 0 Å². The molecule has 0 bridgehead atoms. The highest BCUT2D eigenvalue weighted by atomic mass is 19.1. The second kappa shape index (κ2) is 7.36. The van der Waals surface area contributed by atoms with Crippen LogP contribution in [-0.4, -0.2) is 34.3 Å². The number of aryl methyl sites for hydroxylation is 1. The molecule has 148 valence electrons. The summed E-state index contributed by atoms with van der Waals surface area (Å²) in [5, 5.41) is 11.7. The number of fused-ring (bicyclic) bond motifs is 1. The van der Waals surface area contributed by atoms with Gasteiger partial charge in [-0.3, -0.25) is 4.40 Å². The quantitative estimate of drug-likeness (QED) is 0.487. The third kappa shape index (κ3) is 3.48. The molecule has 1 aromatic carbocycles. The van der Waals surface area contributed by atoms with Crippen LogP contribution in [0.15, 0.2) is 67.4 Å². The first-order chi connectivity index (χ1) is 14.7. The second-order valence-corrected chi connectivity index (χ2v) is 6.77. The number of hydrogen-bond donors (Lipinski definition) is 1. The number of rotatable bonds is 5. The van der Waals surface area contributed by atoms with Crippen LogP contribution in [0.2, 0.25) is 0 Å². The van der Waals surface area contributed by atoms with Crippen LogP contribution in [0.25, 0.3) is 28.3 Å². The fourth-order valence-corrected chi connectivity index (χ4v) is 3.20. The molecular formula is C21H17FN8. The molecule has 8 nitrogen and oxygen atoms in total. The van der Waals surface area contributed by atoms with E-state index >= 15 is 0 Å². The van der Waals surface area contributed by atoms with Gasteiger partial charge in [0.2, 0.25) is 0 Å². The summed E-state index contributed by atoms with van der Waals surface area (Å²) >= 11 is 0. The summed E-state index contributed by atoms with van der Waals surface area (Å²) in [7, 11) is 1.79. The van der Waals surface area contributed by atoms with Gasteiger partial charge in [0.05, 0.1) is 23.8 Å². The Morgan fingerprint density at radius 2 is 1.83 bits per heavy atom. The largest absolute Gasteiger partial charge is 0.366 e. The Morgan fingerprint density at radius 1 is 0.967 bits per heavy atom. The molecule has 5 rings (SSSR count). The van der Waals surface area contributed by atoms with Crippen LogP contribution >= 0.6 is 0 Å². The summed E-state index contributed by atoms with van der Waals surface area (Å²) in [5.41, 5.74) is 4.95. The lowest BCUT2D eigenvalue weighted by Gasteiger charge is -2.08. The van der Waals surface area contributed by atoms with Gasteiger partial charge in [-0.25, -0.2) is 19.3 Å². The molecule has 9 heteroatoms. The number of aromatic nitrogens is 7. The standard InChI is InChI=1S/C21H17FN8/c1-29-27-11-18(28-29)15-4-2-14(3-5-15)10-23-20-9-17(25-13-26-20)19-12-24-21-8-16(22)6-7-30(19)21/h2-9,11-13H,10H2,1H3,(H,23,25,26). The van der Waals surface area contributed by atoms with Crippen LogP contribution in [0, 0.1) is 5.82 Å². The summed E-state index contributed by atoms with van der Waals surface area (Å²) in [5.74, 6) is 0.366. The van der Waals surface area contributed by atoms with E-state index in [1.165, 1.54) is 23.3 Å². The van der Waals surface area contributed by atoms with Crippen molar-refractivity contribution in [1.82, 2.24) is 34.3 Å². The molecule has 4 aromatic heterocycles. The molecule has 1 N–H and O–H groups in total. The van der Waals surface area contributed by atoms with Gasteiger partial charge in [-0.1, -0.05) is 24.3 Å². The predicted molar refractivity (Wildman–Crippen MR) is 110 cm³/mol. The van der Waals surface area contributed by atoms with Crippen LogP contribution in [0.3, 0.4) is 0 Å². The van der Waals surface area contributed by atoms with Crippen molar-refractivity contribution in [2.75, 3.05) is 5.32 Å². The first-order valence-corrected chi connectivity index (χ1v) is 9.30. The Bertz CT molecular complexity index is 1320. The van der Waals surface area contributed by atoms with Gasteiger partial charge >= 0.3 is 0 Å². The van der Waals surface area contributed by atoms with E-state index in [2.05, 4.69) is 30.5 Å². The van der Waals surface area contributed by atoms with Crippen LogP contribution < -0.4 is 5.32 Å². The Kier molecular flexibility index (Phi) is 4.40. The molecule has 0 spiro atoms. The molecular weight excluding hydrogens is 383 g/mol. The molecule has 0 aliphatic heterocycles. The van der Waals surface area contributed by atoms with E-state index in [1.807, 2.05) is 30.3 Å². The normalized spacial score (nSPS) is 11.1. The molecule has 0 unspecified atom stereocenters. The van der Waals surface area contributed by atoms with Gasteiger partial charge in [-0.2, -0.15) is 15.0 Å². The maximum Gasteiger partial charge on any atom is 0.140 e. The minimum atomic E-state index is -0.324. The average molecular weight is 400 g/mol. The number of benzene rings is 1. The van der Waals surface area contributed by atoms with E-state index < -0.39 is 0 Å². The van der Waals surface area contributed by atoms with E-state index in [-0.39, 0.29) is 5.82 Å². The van der Waals surface area contributed by atoms with Crippen molar-refractivity contribution in [1.29, 1.82) is 0 Å². The Labute approximate surface area is 171 Å². The summed E-state index contributed by atoms with van der Waals surface area (Å²) in [4.78, 5) is 14.4. The molecule has 0 amide bonds. The lowest BCUT2D eigenvalue weighted by Crippen LogP contribution is -2.02. The molecule has 0 aliphatic rings. The van der Waals surface area contributed by atoms with Crippen molar-refractivity contribution >= 4 is 11.5 Å². The third-order valence-electron chi connectivity index (χ3n) is 4.73. The first kappa shape index (κ1) is 17.9. The van der Waals surface area contributed by atoms with Crippen LogP contribution in [-0.2, 0) is 13.6 Å². The van der Waals surface area contributed by atoms with Crippen molar-refractivity contribution in [2.24, 2.45) is 7.05 Å². The fourth-order valence-electron chi connectivity index (χ4n) is 3.20. The highest BCUT2D eigenvalue weighted by Gasteiger charge is 2.09. The van der Waals surface area contributed by atoms with E-state index in [0.29, 0.717) is 23.7 Å². The molecule has 0 saturated carbocycles. The molecule has 4 heterocycles. The molecule has 0 atom stereocenters. The van der Waals surface area contributed by atoms with E-state index in [0.717, 1.165) is 22.5 Å². The smallest absolute Gasteiger partial charge is 0.140 e. The summed E-state index contributed by atoms with van der Waals surface area (Å²) < 4.78 is 15.2. The Hall–Kier alpha value is -4.14. The maximum absolute atomic E-state index is 13.4. The highest BCUT2D eigenvalue weighted by molar-refractivity contribution is 5.63. The lowest BCUT2D eigenvalue weighted by molar-refractivity contribution is 0.626. The third-order valence-corrected chi connectivity index (χ3v) is 4.73. The number of hydrogen-bond acceptors (Lipinski definition) is 6. The maximum atomic E-state index is 13.4. The number of imidazole rings is 1. The zero-order valence-electron chi connectivity index (χ0n) is 16.1. The first-order valence-electron chi connectivity index (χ1n) is 9.30. The van der Waals surface area contributed by atoms with E-state index in [9.17, 15) is 4.39 Å². The lowest BCUT2D eigenvalue weighted by atomic mass is 10.1. The van der Waals surface area contributed by atoms with Crippen molar-refractivity contribution < 1.29 is 4.39 Å². The fraction of sp³-hybridized carbons (Fsp3) is 0.0952. The average Bonchev–Trinajstić information content (AvgIpc) is 3.39. The van der Waals surface area contributed by atoms with Crippen LogP contribution in [0.1, 0.15) is 5.56 Å². The van der Waals surface area contributed by atoms with Gasteiger partial charge in [0.25, 0.3) is 0 Å². The highest BCUT2D eigenvalue weighted by Crippen LogP contribution is 2.21. The summed E-state index contributed by atoms with van der Waals surface area (Å²) in [6.07, 6.45) is 6.55. The van der Waals surface area contributed by atoms with Crippen molar-refractivity contribution in [2.45, 2.75) is 6.54 Å². The van der Waals surface area contributed by atoms with Crippen molar-refractivity contribution in [3.05, 3.63) is 78.8 Å². The summed E-state index contributed by atoms with van der Waals surface area (Å²) in [6.45, 7) is 0.607. The molecule has 5 aromatic rings. The van der Waals surface area contributed by atoms with Crippen LogP contribution in [0.4, 0.5) is 10.2 Å². The minimum absolute atomic E-state index is 0.324. The number of pyridine rings is 1. The number of halogens is 1. The van der Waals surface area contributed by atoms with Crippen LogP contribution in [0.5, 0.6) is 0 Å². The zero-order chi connectivity index (χ0) is 20.5.